The lowest BCUT2D eigenvalue weighted by Gasteiger charge is -2.12. The number of halogens is 1. The number of aromatic nitrogens is 2. The van der Waals surface area contributed by atoms with Gasteiger partial charge in [0.15, 0.2) is 0 Å². The van der Waals surface area contributed by atoms with E-state index in [2.05, 4.69) is 149 Å². The molecule has 2 aromatic heterocycles. The summed E-state index contributed by atoms with van der Waals surface area (Å²) in [5.41, 5.74) is 12.3. The van der Waals surface area contributed by atoms with Gasteiger partial charge in [-0.1, -0.05) is 115 Å². The van der Waals surface area contributed by atoms with E-state index < -0.39 is 0 Å². The normalized spacial score (nSPS) is 11.6. The fourth-order valence-electron chi connectivity index (χ4n) is 7.81. The first-order valence-corrected chi connectivity index (χ1v) is 17.3. The van der Waals surface area contributed by atoms with E-state index in [0.717, 1.165) is 61.0 Å². The molecule has 0 amide bonds. The minimum absolute atomic E-state index is 0.247. The zero-order chi connectivity index (χ0) is 33.9. The van der Waals surface area contributed by atoms with Crippen LogP contribution < -0.4 is 0 Å². The van der Waals surface area contributed by atoms with E-state index in [1.165, 1.54) is 21.8 Å². The summed E-state index contributed by atoms with van der Waals surface area (Å²) in [6, 6.07) is 64.9. The van der Waals surface area contributed by atoms with Crippen LogP contribution in [0.3, 0.4) is 0 Å². The molecule has 0 fully saturated rings. The molecule has 2 heterocycles. The summed E-state index contributed by atoms with van der Waals surface area (Å²) in [7, 11) is 0. The maximum atomic E-state index is 16.1. The SMILES string of the molecule is Fc1cc(-n2c3ccccc3c3cc(-c4ccc5c(c4)c4ccccc4n5-c4ccccc4)ccc32)ccc1-c1cccc(-c2ccccc2)c1. The molecule has 0 saturated carbocycles. The van der Waals surface area contributed by atoms with E-state index >= 15 is 4.39 Å². The van der Waals surface area contributed by atoms with E-state index in [4.69, 9.17) is 0 Å². The molecule has 0 saturated heterocycles. The number of nitrogens with zero attached hydrogens (tertiary/aromatic N) is 2. The van der Waals surface area contributed by atoms with Crippen LogP contribution in [0.15, 0.2) is 188 Å². The third-order valence-electron chi connectivity index (χ3n) is 10.2. The number of fused-ring (bicyclic) bond motifs is 6. The van der Waals surface area contributed by atoms with Crippen molar-refractivity contribution in [2.75, 3.05) is 0 Å². The van der Waals surface area contributed by atoms with E-state index in [1.807, 2.05) is 42.5 Å². The molecular formula is C48H31FN2. The molecule has 0 bridgehead atoms. The van der Waals surface area contributed by atoms with Crippen molar-refractivity contribution in [3.05, 3.63) is 194 Å². The maximum absolute atomic E-state index is 16.1. The first kappa shape index (κ1) is 29.2. The van der Waals surface area contributed by atoms with Crippen LogP contribution in [0.5, 0.6) is 0 Å². The highest BCUT2D eigenvalue weighted by molar-refractivity contribution is 6.12. The average Bonchev–Trinajstić information content (AvgIpc) is 3.71. The Balaban J connectivity index is 1.08. The van der Waals surface area contributed by atoms with Gasteiger partial charge in [-0.2, -0.15) is 0 Å². The van der Waals surface area contributed by atoms with Crippen LogP contribution in [0.25, 0.3) is 88.4 Å². The fraction of sp³-hybridized carbons (Fsp3) is 0. The highest BCUT2D eigenvalue weighted by Gasteiger charge is 2.17. The van der Waals surface area contributed by atoms with Gasteiger partial charge in [-0.15, -0.1) is 0 Å². The summed E-state index contributed by atoms with van der Waals surface area (Å²) in [5, 5.41) is 4.72. The minimum atomic E-state index is -0.247. The highest BCUT2D eigenvalue weighted by Crippen LogP contribution is 2.39. The standard InChI is InChI=1S/C48H31FN2/c49-44-31-38(24-25-39(44)36-15-11-14-33(28-36)32-12-3-1-4-13-32)51-46-21-10-8-19-41(46)43-30-35(23-27-48(43)51)34-22-26-47-42(29-34)40-18-7-9-20-45(40)50(47)37-16-5-2-6-17-37/h1-31H. The predicted octanol–water partition coefficient (Wildman–Crippen LogP) is 13.0. The molecule has 0 aliphatic heterocycles. The summed E-state index contributed by atoms with van der Waals surface area (Å²) in [4.78, 5) is 0. The van der Waals surface area contributed by atoms with Crippen molar-refractivity contribution in [1.29, 1.82) is 0 Å². The first-order valence-electron chi connectivity index (χ1n) is 17.3. The molecule has 0 aliphatic rings. The van der Waals surface area contributed by atoms with Gasteiger partial charge in [-0.3, -0.25) is 0 Å². The molecule has 0 aliphatic carbocycles. The molecular weight excluding hydrogens is 624 g/mol. The van der Waals surface area contributed by atoms with Crippen molar-refractivity contribution in [2.45, 2.75) is 0 Å². The molecule has 3 heteroatoms. The Morgan fingerprint density at radius 3 is 1.41 bits per heavy atom. The summed E-state index contributed by atoms with van der Waals surface area (Å²) in [5.74, 6) is -0.247. The minimum Gasteiger partial charge on any atom is -0.309 e. The van der Waals surface area contributed by atoms with Crippen molar-refractivity contribution >= 4 is 43.6 Å². The van der Waals surface area contributed by atoms with Crippen molar-refractivity contribution in [2.24, 2.45) is 0 Å². The van der Waals surface area contributed by atoms with Crippen LogP contribution in [0.1, 0.15) is 0 Å². The molecule has 0 radical (unpaired) electrons. The molecule has 240 valence electrons. The first-order chi connectivity index (χ1) is 25.2. The lowest BCUT2D eigenvalue weighted by Crippen LogP contribution is -1.96. The number of benzene rings is 8. The predicted molar refractivity (Wildman–Crippen MR) is 211 cm³/mol. The van der Waals surface area contributed by atoms with Gasteiger partial charge in [0, 0.05) is 38.5 Å². The molecule has 0 atom stereocenters. The van der Waals surface area contributed by atoms with E-state index in [9.17, 15) is 0 Å². The molecule has 10 rings (SSSR count). The monoisotopic (exact) mass is 654 g/mol. The molecule has 0 spiro atoms. The third kappa shape index (κ3) is 4.78. The van der Waals surface area contributed by atoms with Gasteiger partial charge in [0.1, 0.15) is 5.82 Å². The molecule has 2 nitrogen and oxygen atoms in total. The Morgan fingerprint density at radius 2 is 0.784 bits per heavy atom. The molecule has 0 N–H and O–H groups in total. The lowest BCUT2D eigenvalue weighted by molar-refractivity contribution is 0.630. The topological polar surface area (TPSA) is 9.86 Å². The maximum Gasteiger partial charge on any atom is 0.133 e. The fourth-order valence-corrected chi connectivity index (χ4v) is 7.81. The van der Waals surface area contributed by atoms with Crippen LogP contribution in [0.4, 0.5) is 4.39 Å². The van der Waals surface area contributed by atoms with Crippen molar-refractivity contribution in [1.82, 2.24) is 9.13 Å². The number of hydrogen-bond acceptors (Lipinski definition) is 0. The number of rotatable bonds is 5. The van der Waals surface area contributed by atoms with Crippen LogP contribution >= 0.6 is 0 Å². The van der Waals surface area contributed by atoms with Gasteiger partial charge < -0.3 is 9.13 Å². The largest absolute Gasteiger partial charge is 0.309 e. The Labute approximate surface area is 294 Å². The Bertz CT molecular complexity index is 2920. The summed E-state index contributed by atoms with van der Waals surface area (Å²) in [6.45, 7) is 0. The highest BCUT2D eigenvalue weighted by atomic mass is 19.1. The second-order valence-electron chi connectivity index (χ2n) is 13.1. The zero-order valence-corrected chi connectivity index (χ0v) is 27.7. The van der Waals surface area contributed by atoms with Gasteiger partial charge in [-0.25, -0.2) is 4.39 Å². The molecule has 8 aromatic carbocycles. The van der Waals surface area contributed by atoms with Gasteiger partial charge in [-0.05, 0) is 101 Å². The van der Waals surface area contributed by atoms with Gasteiger partial charge in [0.05, 0.1) is 22.1 Å². The van der Waals surface area contributed by atoms with Crippen LogP contribution in [0, 0.1) is 5.82 Å². The number of hydrogen-bond donors (Lipinski definition) is 0. The van der Waals surface area contributed by atoms with Gasteiger partial charge >= 0.3 is 0 Å². The smallest absolute Gasteiger partial charge is 0.133 e. The van der Waals surface area contributed by atoms with Crippen molar-refractivity contribution < 1.29 is 4.39 Å². The van der Waals surface area contributed by atoms with Crippen LogP contribution in [-0.2, 0) is 0 Å². The Kier molecular flexibility index (Phi) is 6.71. The summed E-state index contributed by atoms with van der Waals surface area (Å²) >= 11 is 0. The Hall–Kier alpha value is -6.71. The van der Waals surface area contributed by atoms with Crippen LogP contribution in [0.2, 0.25) is 0 Å². The van der Waals surface area contributed by atoms with Gasteiger partial charge in [0.25, 0.3) is 0 Å². The third-order valence-corrected chi connectivity index (χ3v) is 10.2. The van der Waals surface area contributed by atoms with E-state index in [0.29, 0.717) is 5.56 Å². The quantitative estimate of drug-likeness (QED) is 0.175. The van der Waals surface area contributed by atoms with E-state index in [-0.39, 0.29) is 5.82 Å². The lowest BCUT2D eigenvalue weighted by atomic mass is 9.98. The summed E-state index contributed by atoms with van der Waals surface area (Å²) < 4.78 is 20.6. The van der Waals surface area contributed by atoms with Gasteiger partial charge in [0.2, 0.25) is 0 Å². The average molecular weight is 655 g/mol. The molecule has 10 aromatic rings. The van der Waals surface area contributed by atoms with Crippen LogP contribution in [-0.4, -0.2) is 9.13 Å². The second-order valence-corrected chi connectivity index (χ2v) is 13.1. The summed E-state index contributed by atoms with van der Waals surface area (Å²) in [6.07, 6.45) is 0. The van der Waals surface area contributed by atoms with Crippen molar-refractivity contribution in [3.63, 3.8) is 0 Å². The zero-order valence-electron chi connectivity index (χ0n) is 27.7. The van der Waals surface area contributed by atoms with Crippen molar-refractivity contribution in [3.8, 4) is 44.8 Å². The van der Waals surface area contributed by atoms with E-state index in [1.54, 1.807) is 6.07 Å². The second kappa shape index (κ2) is 11.7. The molecule has 0 unspecified atom stereocenters. The molecule has 51 heavy (non-hydrogen) atoms. The number of para-hydroxylation sites is 3. The Morgan fingerprint density at radius 1 is 0.294 bits per heavy atom.